The minimum atomic E-state index is -0.450. The lowest BCUT2D eigenvalue weighted by Gasteiger charge is -2.35. The molecule has 24 heavy (non-hydrogen) atoms. The Morgan fingerprint density at radius 1 is 1.42 bits per heavy atom. The van der Waals surface area contributed by atoms with Gasteiger partial charge in [-0.15, -0.1) is 12.4 Å². The molecule has 0 unspecified atom stereocenters. The van der Waals surface area contributed by atoms with Gasteiger partial charge in [0, 0.05) is 20.2 Å². The van der Waals surface area contributed by atoms with Gasteiger partial charge in [0.1, 0.15) is 5.82 Å². The number of rotatable bonds is 5. The fraction of sp³-hybridized carbons (Fsp3) is 0.765. The summed E-state index contributed by atoms with van der Waals surface area (Å²) in [6, 6.07) is 1.98. The zero-order valence-electron chi connectivity index (χ0n) is 15.4. The lowest BCUT2D eigenvalue weighted by atomic mass is 9.78. The van der Waals surface area contributed by atoms with Crippen molar-refractivity contribution >= 4 is 24.1 Å². The summed E-state index contributed by atoms with van der Waals surface area (Å²) >= 11 is 0. The van der Waals surface area contributed by atoms with Crippen LogP contribution in [0.3, 0.4) is 0 Å². The molecule has 138 valence electrons. The van der Waals surface area contributed by atoms with E-state index < -0.39 is 5.41 Å². The summed E-state index contributed by atoms with van der Waals surface area (Å²) in [5.74, 6) is 0.786. The van der Waals surface area contributed by atoms with Crippen LogP contribution < -0.4 is 10.6 Å². The number of carbonyl (C=O) groups excluding carboxylic acids is 1. The highest BCUT2D eigenvalue weighted by molar-refractivity contribution is 5.95. The summed E-state index contributed by atoms with van der Waals surface area (Å²) < 4.78 is 7.08. The molecule has 0 spiro atoms. The molecule has 1 amide bonds. The Balaban J connectivity index is 0.00000288. The van der Waals surface area contributed by atoms with Gasteiger partial charge in [-0.3, -0.25) is 9.48 Å². The van der Waals surface area contributed by atoms with Crippen molar-refractivity contribution in [2.45, 2.75) is 40.0 Å². The monoisotopic (exact) mass is 358 g/mol. The van der Waals surface area contributed by atoms with E-state index in [2.05, 4.69) is 36.5 Å². The number of carbonyl (C=O) groups is 1. The number of aromatic nitrogens is 2. The summed E-state index contributed by atoms with van der Waals surface area (Å²) in [6.07, 6.45) is 2.46. The molecule has 2 heterocycles. The maximum Gasteiger partial charge on any atom is 0.234 e. The number of aryl methyl sites for hydroxylation is 1. The van der Waals surface area contributed by atoms with E-state index in [9.17, 15) is 4.79 Å². The zero-order chi connectivity index (χ0) is 17.1. The van der Waals surface area contributed by atoms with Crippen LogP contribution in [0.15, 0.2) is 6.07 Å². The van der Waals surface area contributed by atoms with Crippen LogP contribution in [0, 0.1) is 10.8 Å². The topological polar surface area (TPSA) is 68.2 Å². The van der Waals surface area contributed by atoms with E-state index in [-0.39, 0.29) is 23.7 Å². The Morgan fingerprint density at radius 2 is 2.04 bits per heavy atom. The first-order chi connectivity index (χ1) is 10.8. The van der Waals surface area contributed by atoms with Gasteiger partial charge in [-0.25, -0.2) is 0 Å². The number of hydrogen-bond donors (Lipinski definition) is 2. The molecule has 1 aromatic heterocycles. The Morgan fingerprint density at radius 3 is 2.58 bits per heavy atom. The van der Waals surface area contributed by atoms with Crippen molar-refractivity contribution < 1.29 is 9.53 Å². The van der Waals surface area contributed by atoms with Crippen LogP contribution in [0.4, 0.5) is 5.82 Å². The third-order valence-electron chi connectivity index (χ3n) is 4.35. The summed E-state index contributed by atoms with van der Waals surface area (Å²) in [6.45, 7) is 8.69. The van der Waals surface area contributed by atoms with Crippen LogP contribution >= 0.6 is 12.4 Å². The first kappa shape index (κ1) is 20.9. The third-order valence-corrected chi connectivity index (χ3v) is 4.35. The molecule has 0 atom stereocenters. The van der Waals surface area contributed by atoms with Crippen LogP contribution in [0.5, 0.6) is 0 Å². The summed E-state index contributed by atoms with van der Waals surface area (Å²) in [4.78, 5) is 12.9. The van der Waals surface area contributed by atoms with Crippen molar-refractivity contribution in [2.24, 2.45) is 17.9 Å². The summed E-state index contributed by atoms with van der Waals surface area (Å²) in [5, 5.41) is 10.9. The number of halogens is 1. The molecule has 6 nitrogen and oxygen atoms in total. The van der Waals surface area contributed by atoms with Crippen LogP contribution in [0.2, 0.25) is 0 Å². The van der Waals surface area contributed by atoms with Crippen molar-refractivity contribution in [3.05, 3.63) is 11.8 Å². The number of amides is 1. The van der Waals surface area contributed by atoms with E-state index in [1.54, 1.807) is 11.8 Å². The average molecular weight is 359 g/mol. The maximum atomic E-state index is 12.9. The molecular weight excluding hydrogens is 328 g/mol. The van der Waals surface area contributed by atoms with E-state index in [0.29, 0.717) is 6.61 Å². The highest BCUT2D eigenvalue weighted by Gasteiger charge is 2.40. The number of anilines is 1. The molecule has 1 aliphatic heterocycles. The lowest BCUT2D eigenvalue weighted by Crippen LogP contribution is -2.47. The Kier molecular flexibility index (Phi) is 7.25. The Labute approximate surface area is 151 Å². The molecule has 0 aromatic carbocycles. The van der Waals surface area contributed by atoms with Gasteiger partial charge in [-0.2, -0.15) is 5.10 Å². The van der Waals surface area contributed by atoms with Gasteiger partial charge in [0.2, 0.25) is 5.91 Å². The van der Waals surface area contributed by atoms with Crippen molar-refractivity contribution in [1.29, 1.82) is 0 Å². The van der Waals surface area contributed by atoms with Gasteiger partial charge in [0.05, 0.1) is 17.7 Å². The number of nitrogens with zero attached hydrogens (tertiary/aromatic N) is 2. The molecule has 1 saturated heterocycles. The van der Waals surface area contributed by atoms with Gasteiger partial charge >= 0.3 is 0 Å². The molecule has 1 fully saturated rings. The Bertz CT molecular complexity index is 540. The van der Waals surface area contributed by atoms with Gasteiger partial charge in [0.15, 0.2) is 0 Å². The van der Waals surface area contributed by atoms with E-state index >= 15 is 0 Å². The highest BCUT2D eigenvalue weighted by Crippen LogP contribution is 2.31. The predicted molar refractivity (Wildman–Crippen MR) is 98.7 cm³/mol. The minimum absolute atomic E-state index is 0. The minimum Gasteiger partial charge on any atom is -0.384 e. The second-order valence-corrected chi connectivity index (χ2v) is 7.80. The first-order valence-corrected chi connectivity index (χ1v) is 8.30. The molecule has 1 aliphatic rings. The molecule has 2 N–H and O–H groups in total. The maximum absolute atomic E-state index is 12.9. The smallest absolute Gasteiger partial charge is 0.234 e. The van der Waals surface area contributed by atoms with Crippen molar-refractivity contribution in [3.63, 3.8) is 0 Å². The normalized spacial score (nSPS) is 17.2. The predicted octanol–water partition coefficient (Wildman–Crippen LogP) is 2.39. The second kappa shape index (κ2) is 8.32. The molecule has 1 aromatic rings. The lowest BCUT2D eigenvalue weighted by molar-refractivity contribution is -0.130. The Hall–Kier alpha value is -1.11. The highest BCUT2D eigenvalue weighted by atomic mass is 35.5. The largest absolute Gasteiger partial charge is 0.384 e. The zero-order valence-corrected chi connectivity index (χ0v) is 16.3. The number of piperidine rings is 1. The van der Waals surface area contributed by atoms with Gasteiger partial charge in [-0.05, 0) is 37.8 Å². The fourth-order valence-electron chi connectivity index (χ4n) is 3.14. The van der Waals surface area contributed by atoms with Gasteiger partial charge in [0.25, 0.3) is 0 Å². The van der Waals surface area contributed by atoms with Crippen molar-refractivity contribution in [3.8, 4) is 0 Å². The van der Waals surface area contributed by atoms with Crippen LogP contribution in [-0.2, 0) is 23.0 Å². The fourth-order valence-corrected chi connectivity index (χ4v) is 3.14. The van der Waals surface area contributed by atoms with Crippen molar-refractivity contribution in [2.75, 3.05) is 32.1 Å². The van der Waals surface area contributed by atoms with E-state index in [1.165, 1.54) is 0 Å². The first-order valence-electron chi connectivity index (χ1n) is 8.30. The number of hydrogen-bond acceptors (Lipinski definition) is 4. The molecule has 0 radical (unpaired) electrons. The number of methoxy groups -OCH3 is 1. The number of nitrogens with one attached hydrogen (secondary N) is 2. The quantitative estimate of drug-likeness (QED) is 0.848. The van der Waals surface area contributed by atoms with Gasteiger partial charge < -0.3 is 15.4 Å². The third kappa shape index (κ3) is 5.19. The molecule has 2 rings (SSSR count). The number of ether oxygens (including phenoxy) is 1. The standard InChI is InChI=1S/C17H30N4O2.ClH/c1-16(2,3)11-13-10-14(21(4)20-13)19-15(22)17(12-23-5)6-8-18-9-7-17;/h10,18H,6-9,11-12H2,1-5H3,(H,19,22);1H. The van der Waals surface area contributed by atoms with E-state index in [1.807, 2.05) is 13.1 Å². The summed E-state index contributed by atoms with van der Waals surface area (Å²) in [5.41, 5.74) is 0.720. The van der Waals surface area contributed by atoms with Gasteiger partial charge in [-0.1, -0.05) is 20.8 Å². The van der Waals surface area contributed by atoms with E-state index in [0.717, 1.165) is 43.9 Å². The van der Waals surface area contributed by atoms with Crippen molar-refractivity contribution in [1.82, 2.24) is 15.1 Å². The molecule has 0 aliphatic carbocycles. The van der Waals surface area contributed by atoms with E-state index in [4.69, 9.17) is 4.74 Å². The SMILES string of the molecule is COCC1(C(=O)Nc2cc(CC(C)(C)C)nn2C)CCNCC1.Cl. The molecule has 0 bridgehead atoms. The molecule has 0 saturated carbocycles. The van der Waals surface area contributed by atoms with Crippen LogP contribution in [-0.4, -0.2) is 42.5 Å². The van der Waals surface area contributed by atoms with Crippen LogP contribution in [0.1, 0.15) is 39.3 Å². The van der Waals surface area contributed by atoms with Crippen LogP contribution in [0.25, 0.3) is 0 Å². The molecule has 7 heteroatoms. The second-order valence-electron chi connectivity index (χ2n) is 7.80. The molecular formula is C17H31ClN4O2. The average Bonchev–Trinajstić information content (AvgIpc) is 2.77. The summed E-state index contributed by atoms with van der Waals surface area (Å²) in [7, 11) is 3.52.